The number of carbonyl (C=O) groups is 1. The van der Waals surface area contributed by atoms with Gasteiger partial charge in [-0.3, -0.25) is 13.6 Å². The molecule has 1 heterocycles. The number of hydrogen-bond donors (Lipinski definition) is 1. The molecule has 0 aliphatic carbocycles. The van der Waals surface area contributed by atoms with Crippen molar-refractivity contribution in [3.63, 3.8) is 0 Å². The van der Waals surface area contributed by atoms with Gasteiger partial charge >= 0.3 is 13.8 Å². The van der Waals surface area contributed by atoms with Gasteiger partial charge in [0.15, 0.2) is 11.9 Å². The smallest absolute Gasteiger partial charge is 0.475 e. The third-order valence-electron chi connectivity index (χ3n) is 4.57. The van der Waals surface area contributed by atoms with Crippen molar-refractivity contribution in [2.24, 2.45) is 0 Å². The van der Waals surface area contributed by atoms with E-state index in [1.807, 2.05) is 36.4 Å². The summed E-state index contributed by atoms with van der Waals surface area (Å²) in [6.07, 6.45) is -2.49. The number of ether oxygens (including phenoxy) is 3. The van der Waals surface area contributed by atoms with Gasteiger partial charge in [-0.1, -0.05) is 60.7 Å². The minimum absolute atomic E-state index is 0.00854. The Kier molecular flexibility index (Phi) is 8.44. The van der Waals surface area contributed by atoms with E-state index in [4.69, 9.17) is 27.8 Å². The molecule has 9 nitrogen and oxygen atoms in total. The van der Waals surface area contributed by atoms with Crippen LogP contribution in [-0.4, -0.2) is 44.1 Å². The van der Waals surface area contributed by atoms with Crippen LogP contribution < -0.4 is 0 Å². The molecule has 0 amide bonds. The zero-order valence-electron chi connectivity index (χ0n) is 17.7. The molecular weight excluding hydrogens is 439 g/mol. The fourth-order valence-corrected chi connectivity index (χ4v) is 4.31. The van der Waals surface area contributed by atoms with E-state index in [1.165, 1.54) is 14.2 Å². The molecule has 10 heteroatoms. The van der Waals surface area contributed by atoms with Gasteiger partial charge in [-0.2, -0.15) is 0 Å². The number of phosphoric acid groups is 1. The predicted molar refractivity (Wildman–Crippen MR) is 113 cm³/mol. The number of methoxy groups -OCH3 is 2. The highest BCUT2D eigenvalue weighted by atomic mass is 31.2. The summed E-state index contributed by atoms with van der Waals surface area (Å²) in [4.78, 5) is 12.0. The topological polar surface area (TPSA) is 110 Å². The summed E-state index contributed by atoms with van der Waals surface area (Å²) in [6.45, 7) is -0.785. The average Bonchev–Trinajstić information content (AvgIpc) is 3.16. The minimum atomic E-state index is -4.23. The third kappa shape index (κ3) is 5.97. The lowest BCUT2D eigenvalue weighted by Gasteiger charge is -2.26. The van der Waals surface area contributed by atoms with Crippen molar-refractivity contribution in [3.8, 4) is 0 Å². The van der Waals surface area contributed by atoms with Gasteiger partial charge in [-0.05, 0) is 11.1 Å². The first-order valence-electron chi connectivity index (χ1n) is 9.79. The van der Waals surface area contributed by atoms with Gasteiger partial charge < -0.3 is 19.3 Å². The predicted octanol–water partition coefficient (Wildman–Crippen LogP) is 3.34. The molecule has 0 fully saturated rings. The lowest BCUT2D eigenvalue weighted by molar-refractivity contribution is -0.148. The van der Waals surface area contributed by atoms with Crippen LogP contribution in [0.5, 0.6) is 0 Å². The van der Waals surface area contributed by atoms with Crippen molar-refractivity contribution in [1.82, 2.24) is 0 Å². The standard InChI is InChI=1S/C22H25O9P/c1-26-20-19(30-22(24)21(20)27-2)18(13-23)31-32(25,28-14-16-9-5-3-6-10-16)29-15-17-11-7-4-8-12-17/h3-12,18-19,23H,13-15H2,1-2H3. The van der Waals surface area contributed by atoms with Crippen LogP contribution in [0, 0.1) is 0 Å². The summed E-state index contributed by atoms with van der Waals surface area (Å²) in [6, 6.07) is 18.1. The van der Waals surface area contributed by atoms with E-state index in [-0.39, 0.29) is 24.7 Å². The monoisotopic (exact) mass is 464 g/mol. The quantitative estimate of drug-likeness (QED) is 0.374. The van der Waals surface area contributed by atoms with Crippen LogP contribution >= 0.6 is 7.82 Å². The second-order valence-electron chi connectivity index (χ2n) is 6.72. The molecule has 1 aliphatic heterocycles. The van der Waals surface area contributed by atoms with Gasteiger partial charge in [0.05, 0.1) is 34.0 Å². The highest BCUT2D eigenvalue weighted by molar-refractivity contribution is 7.48. The molecule has 172 valence electrons. The Balaban J connectivity index is 1.80. The Morgan fingerprint density at radius 3 is 1.91 bits per heavy atom. The first-order chi connectivity index (χ1) is 15.5. The molecule has 2 aromatic carbocycles. The molecule has 2 unspecified atom stereocenters. The SMILES string of the molecule is COC1=C(OC)C(C(CO)OP(=O)(OCc2ccccc2)OCc2ccccc2)OC1=O. The fourth-order valence-electron chi connectivity index (χ4n) is 2.99. The molecule has 2 atom stereocenters. The van der Waals surface area contributed by atoms with Gasteiger partial charge in [0, 0.05) is 0 Å². The molecule has 0 spiro atoms. The molecular formula is C22H25O9P. The van der Waals surface area contributed by atoms with Crippen LogP contribution in [0.2, 0.25) is 0 Å². The van der Waals surface area contributed by atoms with Gasteiger partial charge in [0.25, 0.3) is 0 Å². The number of hydrogen-bond acceptors (Lipinski definition) is 9. The van der Waals surface area contributed by atoms with Crippen molar-refractivity contribution >= 4 is 13.8 Å². The Morgan fingerprint density at radius 2 is 1.47 bits per heavy atom. The largest absolute Gasteiger partial charge is 0.493 e. The zero-order chi connectivity index (χ0) is 23.0. The van der Waals surface area contributed by atoms with Crippen LogP contribution in [0.25, 0.3) is 0 Å². The molecule has 3 rings (SSSR count). The van der Waals surface area contributed by atoms with Crippen molar-refractivity contribution in [2.75, 3.05) is 20.8 Å². The fraction of sp³-hybridized carbons (Fsp3) is 0.318. The Hall–Kier alpha value is -2.68. The van der Waals surface area contributed by atoms with E-state index in [0.29, 0.717) is 0 Å². The molecule has 0 saturated carbocycles. The molecule has 1 aliphatic rings. The molecule has 1 N–H and O–H groups in total. The summed E-state index contributed by atoms with van der Waals surface area (Å²) in [5.74, 6) is -0.944. The van der Waals surface area contributed by atoms with E-state index >= 15 is 0 Å². The van der Waals surface area contributed by atoms with Gasteiger partial charge in [-0.15, -0.1) is 0 Å². The second kappa shape index (κ2) is 11.3. The highest BCUT2D eigenvalue weighted by Crippen LogP contribution is 2.53. The van der Waals surface area contributed by atoms with Crippen molar-refractivity contribution in [3.05, 3.63) is 83.3 Å². The van der Waals surface area contributed by atoms with Crippen LogP contribution in [0.3, 0.4) is 0 Å². The van der Waals surface area contributed by atoms with Gasteiger partial charge in [-0.25, -0.2) is 9.36 Å². The van der Waals surface area contributed by atoms with E-state index in [0.717, 1.165) is 11.1 Å². The van der Waals surface area contributed by atoms with Crippen LogP contribution in [0.15, 0.2) is 72.2 Å². The summed E-state index contributed by atoms with van der Waals surface area (Å²) in [5, 5.41) is 9.91. The number of rotatable bonds is 12. The average molecular weight is 464 g/mol. The Bertz CT molecular complexity index is 914. The third-order valence-corrected chi connectivity index (χ3v) is 5.99. The van der Waals surface area contributed by atoms with Crippen LogP contribution in [0.1, 0.15) is 11.1 Å². The summed E-state index contributed by atoms with van der Waals surface area (Å²) < 4.78 is 45.6. The molecule has 0 aromatic heterocycles. The first kappa shape index (κ1) is 24.0. The maximum absolute atomic E-state index is 13.5. The maximum Gasteiger partial charge on any atom is 0.475 e. The zero-order valence-corrected chi connectivity index (χ0v) is 18.6. The minimum Gasteiger partial charge on any atom is -0.493 e. The van der Waals surface area contributed by atoms with Crippen LogP contribution in [-0.2, 0) is 50.4 Å². The number of cyclic esters (lactones) is 1. The Labute approximate surface area is 186 Å². The number of carbonyl (C=O) groups excluding carboxylic acids is 1. The second-order valence-corrected chi connectivity index (χ2v) is 8.34. The molecule has 0 bridgehead atoms. The van der Waals surface area contributed by atoms with E-state index < -0.39 is 32.6 Å². The maximum atomic E-state index is 13.5. The van der Waals surface area contributed by atoms with E-state index in [1.54, 1.807) is 24.3 Å². The number of benzene rings is 2. The number of aliphatic hydroxyl groups excluding tert-OH is 1. The highest BCUT2D eigenvalue weighted by Gasteiger charge is 2.45. The molecule has 0 saturated heterocycles. The van der Waals surface area contributed by atoms with Crippen molar-refractivity contribution in [1.29, 1.82) is 0 Å². The van der Waals surface area contributed by atoms with Gasteiger partial charge in [0.2, 0.25) is 5.76 Å². The number of aliphatic hydroxyl groups is 1. The lowest BCUT2D eigenvalue weighted by Crippen LogP contribution is -2.34. The molecule has 2 aromatic rings. The molecule has 32 heavy (non-hydrogen) atoms. The summed E-state index contributed by atoms with van der Waals surface area (Å²) in [7, 11) is -1.63. The lowest BCUT2D eigenvalue weighted by atomic mass is 10.2. The van der Waals surface area contributed by atoms with Crippen molar-refractivity contribution < 1.29 is 42.2 Å². The van der Waals surface area contributed by atoms with E-state index in [9.17, 15) is 14.5 Å². The number of phosphoric ester groups is 1. The van der Waals surface area contributed by atoms with Crippen LogP contribution in [0.4, 0.5) is 0 Å². The van der Waals surface area contributed by atoms with Crippen molar-refractivity contribution in [2.45, 2.75) is 25.4 Å². The number of esters is 1. The first-order valence-corrected chi connectivity index (χ1v) is 11.2. The molecule has 0 radical (unpaired) electrons. The Morgan fingerprint density at radius 1 is 0.938 bits per heavy atom. The van der Waals surface area contributed by atoms with E-state index in [2.05, 4.69) is 0 Å². The normalized spacial score (nSPS) is 17.2. The van der Waals surface area contributed by atoms with Gasteiger partial charge in [0.1, 0.15) is 6.10 Å². The summed E-state index contributed by atoms with van der Waals surface area (Å²) in [5.41, 5.74) is 1.48. The summed E-state index contributed by atoms with van der Waals surface area (Å²) >= 11 is 0.